The molecule has 0 aliphatic carbocycles. The zero-order valence-electron chi connectivity index (χ0n) is 14.2. The van der Waals surface area contributed by atoms with Gasteiger partial charge >= 0.3 is 0 Å². The second-order valence-electron chi connectivity index (χ2n) is 6.37. The summed E-state index contributed by atoms with van der Waals surface area (Å²) in [7, 11) is 0. The highest BCUT2D eigenvalue weighted by Crippen LogP contribution is 2.25. The van der Waals surface area contributed by atoms with E-state index >= 15 is 0 Å². The molecule has 128 valence electrons. The molecule has 5 nitrogen and oxygen atoms in total. The molecule has 1 saturated heterocycles. The smallest absolute Gasteiger partial charge is 0.229 e. The third-order valence-electron chi connectivity index (χ3n) is 4.25. The van der Waals surface area contributed by atoms with E-state index in [1.165, 1.54) is 0 Å². The highest BCUT2D eigenvalue weighted by molar-refractivity contribution is 6.31. The topological polar surface area (TPSA) is 67.1 Å². The summed E-state index contributed by atoms with van der Waals surface area (Å²) in [6, 6.07) is 8.18. The Labute approximate surface area is 148 Å². The lowest BCUT2D eigenvalue weighted by atomic mass is 10.2. The summed E-state index contributed by atoms with van der Waals surface area (Å²) in [5, 5.41) is 4.01. The second-order valence-corrected chi connectivity index (χ2v) is 6.78. The first-order chi connectivity index (χ1) is 11.5. The predicted octanol–water partition coefficient (Wildman–Crippen LogP) is 3.67. The van der Waals surface area contributed by atoms with Gasteiger partial charge < -0.3 is 16.0 Å². The average Bonchev–Trinajstić information content (AvgIpc) is 2.98. The van der Waals surface area contributed by atoms with E-state index < -0.39 is 0 Å². The number of nitrogens with one attached hydrogen (secondary N) is 1. The van der Waals surface area contributed by atoms with Gasteiger partial charge in [0, 0.05) is 41.6 Å². The molecule has 0 amide bonds. The fourth-order valence-electron chi connectivity index (χ4n) is 2.88. The van der Waals surface area contributed by atoms with Gasteiger partial charge in [0.25, 0.3) is 0 Å². The Hall–Kier alpha value is -1.85. The van der Waals surface area contributed by atoms with Gasteiger partial charge in [0.2, 0.25) is 5.95 Å². The summed E-state index contributed by atoms with van der Waals surface area (Å²) in [6.07, 6.45) is 2.98. The second kappa shape index (κ2) is 7.36. The standard InChI is InChI=1S/C18H24ClN5/c1-3-4-14-10-17(24-8-7-13(20)11-24)23-18(21-14)22-15-6-5-12(2)16(19)9-15/h5-6,9-10,13H,3-4,7-8,11,20H2,1-2H3,(H,21,22,23)/t13-/m0/s1. The molecule has 3 N–H and O–H groups in total. The lowest BCUT2D eigenvalue weighted by Crippen LogP contribution is -2.27. The van der Waals surface area contributed by atoms with Crippen LogP contribution in [0.5, 0.6) is 0 Å². The van der Waals surface area contributed by atoms with Gasteiger partial charge in [0.1, 0.15) is 5.82 Å². The first-order valence-electron chi connectivity index (χ1n) is 8.47. The molecule has 0 bridgehead atoms. The van der Waals surface area contributed by atoms with Crippen LogP contribution in [0.3, 0.4) is 0 Å². The van der Waals surface area contributed by atoms with E-state index in [1.54, 1.807) is 0 Å². The molecule has 1 aliphatic rings. The molecule has 0 radical (unpaired) electrons. The maximum Gasteiger partial charge on any atom is 0.229 e. The minimum atomic E-state index is 0.224. The number of hydrogen-bond donors (Lipinski definition) is 2. The van der Waals surface area contributed by atoms with Crippen molar-refractivity contribution in [3.63, 3.8) is 0 Å². The Kier molecular flexibility index (Phi) is 5.21. The van der Waals surface area contributed by atoms with Crippen molar-refractivity contribution in [2.24, 2.45) is 5.73 Å². The molecule has 1 atom stereocenters. The van der Waals surface area contributed by atoms with Crippen LogP contribution >= 0.6 is 11.6 Å². The van der Waals surface area contributed by atoms with Crippen molar-refractivity contribution in [3.05, 3.63) is 40.5 Å². The van der Waals surface area contributed by atoms with Crippen molar-refractivity contribution in [2.45, 2.75) is 39.2 Å². The van der Waals surface area contributed by atoms with Crippen molar-refractivity contribution in [1.82, 2.24) is 9.97 Å². The van der Waals surface area contributed by atoms with Crippen molar-refractivity contribution < 1.29 is 0 Å². The third kappa shape index (κ3) is 3.97. The molecule has 0 saturated carbocycles. The van der Waals surface area contributed by atoms with Gasteiger partial charge in [0.05, 0.1) is 0 Å². The Morgan fingerprint density at radius 2 is 2.17 bits per heavy atom. The summed E-state index contributed by atoms with van der Waals surface area (Å²) < 4.78 is 0. The molecule has 1 aromatic heterocycles. The number of hydrogen-bond acceptors (Lipinski definition) is 5. The van der Waals surface area contributed by atoms with E-state index in [4.69, 9.17) is 17.3 Å². The minimum absolute atomic E-state index is 0.224. The van der Waals surface area contributed by atoms with Crippen molar-refractivity contribution in [1.29, 1.82) is 0 Å². The first kappa shape index (κ1) is 17.0. The van der Waals surface area contributed by atoms with Gasteiger partial charge in [-0.1, -0.05) is 31.0 Å². The van der Waals surface area contributed by atoms with Crippen molar-refractivity contribution in [2.75, 3.05) is 23.3 Å². The van der Waals surface area contributed by atoms with Crippen LogP contribution in [0.25, 0.3) is 0 Å². The molecular formula is C18H24ClN5. The molecule has 2 heterocycles. The van der Waals surface area contributed by atoms with Gasteiger partial charge in [-0.05, 0) is 37.5 Å². The first-order valence-corrected chi connectivity index (χ1v) is 8.84. The third-order valence-corrected chi connectivity index (χ3v) is 4.66. The number of benzene rings is 1. The molecule has 1 aliphatic heterocycles. The van der Waals surface area contributed by atoms with Gasteiger partial charge in [0.15, 0.2) is 0 Å². The Morgan fingerprint density at radius 1 is 1.33 bits per heavy atom. The number of anilines is 3. The quantitative estimate of drug-likeness (QED) is 0.865. The number of aryl methyl sites for hydroxylation is 2. The van der Waals surface area contributed by atoms with E-state index in [-0.39, 0.29) is 6.04 Å². The molecule has 1 fully saturated rings. The molecule has 24 heavy (non-hydrogen) atoms. The van der Waals surface area contributed by atoms with Crippen LogP contribution in [0.15, 0.2) is 24.3 Å². The molecule has 3 rings (SSSR count). The highest BCUT2D eigenvalue weighted by Gasteiger charge is 2.21. The number of nitrogens with two attached hydrogens (primary N) is 1. The molecule has 0 unspecified atom stereocenters. The van der Waals surface area contributed by atoms with Gasteiger partial charge in [-0.2, -0.15) is 4.98 Å². The fourth-order valence-corrected chi connectivity index (χ4v) is 3.06. The summed E-state index contributed by atoms with van der Waals surface area (Å²) >= 11 is 6.21. The van der Waals surface area contributed by atoms with Crippen LogP contribution in [-0.2, 0) is 6.42 Å². The monoisotopic (exact) mass is 345 g/mol. The van der Waals surface area contributed by atoms with E-state index in [0.717, 1.165) is 60.1 Å². The Bertz CT molecular complexity index is 719. The zero-order valence-corrected chi connectivity index (χ0v) is 15.0. The molecule has 0 spiro atoms. The molecule has 1 aromatic carbocycles. The number of aromatic nitrogens is 2. The van der Waals surface area contributed by atoms with Crippen LogP contribution in [0.2, 0.25) is 5.02 Å². The largest absolute Gasteiger partial charge is 0.355 e. The van der Waals surface area contributed by atoms with Gasteiger partial charge in [-0.25, -0.2) is 4.98 Å². The maximum atomic E-state index is 6.21. The predicted molar refractivity (Wildman–Crippen MR) is 100 cm³/mol. The van der Waals surface area contributed by atoms with Crippen molar-refractivity contribution >= 4 is 29.1 Å². The van der Waals surface area contributed by atoms with Crippen LogP contribution < -0.4 is 16.0 Å². The highest BCUT2D eigenvalue weighted by atomic mass is 35.5. The summed E-state index contributed by atoms with van der Waals surface area (Å²) in [4.78, 5) is 11.6. The van der Waals surface area contributed by atoms with Crippen molar-refractivity contribution in [3.8, 4) is 0 Å². The van der Waals surface area contributed by atoms with E-state index in [1.807, 2.05) is 25.1 Å². The van der Waals surface area contributed by atoms with Gasteiger partial charge in [-0.3, -0.25) is 0 Å². The van der Waals surface area contributed by atoms with Crippen LogP contribution in [-0.4, -0.2) is 29.1 Å². The zero-order chi connectivity index (χ0) is 17.1. The van der Waals surface area contributed by atoms with Crippen LogP contribution in [0.4, 0.5) is 17.5 Å². The summed E-state index contributed by atoms with van der Waals surface area (Å²) in [5.41, 5.74) is 9.02. The SMILES string of the molecule is CCCc1cc(N2CC[C@H](N)C2)nc(Nc2ccc(C)c(Cl)c2)n1. The van der Waals surface area contributed by atoms with E-state index in [0.29, 0.717) is 5.95 Å². The summed E-state index contributed by atoms with van der Waals surface area (Å²) in [5.74, 6) is 1.55. The van der Waals surface area contributed by atoms with E-state index in [9.17, 15) is 0 Å². The Morgan fingerprint density at radius 3 is 2.83 bits per heavy atom. The number of rotatable bonds is 5. The number of halogens is 1. The fraction of sp³-hybridized carbons (Fsp3) is 0.444. The maximum absolute atomic E-state index is 6.21. The lowest BCUT2D eigenvalue weighted by molar-refractivity contribution is 0.751. The van der Waals surface area contributed by atoms with E-state index in [2.05, 4.69) is 33.2 Å². The Balaban J connectivity index is 1.88. The normalized spacial score (nSPS) is 17.3. The van der Waals surface area contributed by atoms with Crippen LogP contribution in [0.1, 0.15) is 31.0 Å². The van der Waals surface area contributed by atoms with Crippen LogP contribution in [0, 0.1) is 6.92 Å². The molecule has 2 aromatic rings. The molecular weight excluding hydrogens is 322 g/mol. The van der Waals surface area contributed by atoms with Gasteiger partial charge in [-0.15, -0.1) is 0 Å². The minimum Gasteiger partial charge on any atom is -0.355 e. The lowest BCUT2D eigenvalue weighted by Gasteiger charge is -2.19. The average molecular weight is 346 g/mol. The number of nitrogens with zero attached hydrogens (tertiary/aromatic N) is 3. The summed E-state index contributed by atoms with van der Waals surface area (Å²) in [6.45, 7) is 5.93. The molecule has 6 heteroatoms.